The molecule has 1 atom stereocenters. The Bertz CT molecular complexity index is 747. The van der Waals surface area contributed by atoms with Gasteiger partial charge in [-0.15, -0.1) is 0 Å². The highest BCUT2D eigenvalue weighted by molar-refractivity contribution is 9.09. The average molecular weight is 423 g/mol. The Balaban J connectivity index is 1.86. The minimum atomic E-state index is -0.491. The van der Waals surface area contributed by atoms with Gasteiger partial charge in [-0.05, 0) is 38.7 Å². The van der Waals surface area contributed by atoms with Crippen molar-refractivity contribution in [3.8, 4) is 11.5 Å². The van der Waals surface area contributed by atoms with Crippen LogP contribution in [0.4, 0.5) is 5.69 Å². The first-order valence-electron chi connectivity index (χ1n) is 8.76. The van der Waals surface area contributed by atoms with E-state index in [-0.39, 0.29) is 11.8 Å². The number of hydrogen-bond donors (Lipinski definition) is 1. The Morgan fingerprint density at radius 3 is 2.77 bits per heavy atom. The first kappa shape index (κ1) is 18.8. The third kappa shape index (κ3) is 3.72. The number of alkyl halides is 1. The van der Waals surface area contributed by atoms with E-state index in [2.05, 4.69) is 21.2 Å². The lowest BCUT2D eigenvalue weighted by atomic mass is 10.1. The summed E-state index contributed by atoms with van der Waals surface area (Å²) in [5, 5.41) is 3.85. The van der Waals surface area contributed by atoms with E-state index in [0.29, 0.717) is 35.8 Å². The first-order valence-corrected chi connectivity index (χ1v) is 9.89. The normalized spacial score (nSPS) is 18.7. The number of halogens is 1. The van der Waals surface area contributed by atoms with Crippen LogP contribution in [0.1, 0.15) is 43.0 Å². The van der Waals surface area contributed by atoms with Crippen molar-refractivity contribution in [2.75, 3.05) is 24.4 Å². The number of benzene rings is 1. The van der Waals surface area contributed by atoms with Crippen molar-refractivity contribution < 1.29 is 19.1 Å². The van der Waals surface area contributed by atoms with Crippen molar-refractivity contribution in [2.24, 2.45) is 0 Å². The number of methoxy groups -OCH3 is 1. The molecule has 26 heavy (non-hydrogen) atoms. The van der Waals surface area contributed by atoms with Crippen molar-refractivity contribution in [1.82, 2.24) is 4.90 Å². The zero-order valence-corrected chi connectivity index (χ0v) is 16.6. The number of rotatable bonds is 7. The molecule has 0 saturated heterocycles. The maximum absolute atomic E-state index is 12.9. The highest BCUT2D eigenvalue weighted by Crippen LogP contribution is 2.37. The zero-order chi connectivity index (χ0) is 18.7. The molecule has 0 aromatic heterocycles. The van der Waals surface area contributed by atoms with Gasteiger partial charge in [0.2, 0.25) is 5.91 Å². The summed E-state index contributed by atoms with van der Waals surface area (Å²) >= 11 is 3.41. The van der Waals surface area contributed by atoms with Gasteiger partial charge in [0.15, 0.2) is 11.5 Å². The van der Waals surface area contributed by atoms with E-state index in [9.17, 15) is 9.59 Å². The van der Waals surface area contributed by atoms with Crippen LogP contribution in [0.5, 0.6) is 11.5 Å². The molecule has 3 rings (SSSR count). The Morgan fingerprint density at radius 1 is 1.23 bits per heavy atom. The van der Waals surface area contributed by atoms with E-state index in [4.69, 9.17) is 9.47 Å². The van der Waals surface area contributed by atoms with Crippen LogP contribution < -0.4 is 14.8 Å². The summed E-state index contributed by atoms with van der Waals surface area (Å²) in [6.45, 7) is 2.48. The van der Waals surface area contributed by atoms with Crippen molar-refractivity contribution in [2.45, 2.75) is 38.6 Å². The molecule has 2 heterocycles. The number of fused-ring (bicyclic) bond motifs is 2. The van der Waals surface area contributed by atoms with Gasteiger partial charge in [0.05, 0.1) is 25.0 Å². The zero-order valence-electron chi connectivity index (χ0n) is 15.0. The third-order valence-electron chi connectivity index (χ3n) is 4.58. The average Bonchev–Trinajstić information content (AvgIpc) is 2.99. The van der Waals surface area contributed by atoms with E-state index < -0.39 is 6.04 Å². The number of nitrogens with zero attached hydrogens (tertiary/aromatic N) is 1. The van der Waals surface area contributed by atoms with Gasteiger partial charge < -0.3 is 19.7 Å². The minimum absolute atomic E-state index is 0.182. The molecule has 140 valence electrons. The lowest BCUT2D eigenvalue weighted by Crippen LogP contribution is -2.38. The highest BCUT2D eigenvalue weighted by atomic mass is 79.9. The van der Waals surface area contributed by atoms with Gasteiger partial charge in [-0.25, -0.2) is 0 Å². The number of carbonyl (C=O) groups is 2. The quantitative estimate of drug-likeness (QED) is 0.537. The predicted octanol–water partition coefficient (Wildman–Crippen LogP) is 3.71. The molecule has 1 N–H and O–H groups in total. The fourth-order valence-electron chi connectivity index (χ4n) is 3.23. The Hall–Kier alpha value is -2.02. The van der Waals surface area contributed by atoms with E-state index >= 15 is 0 Å². The van der Waals surface area contributed by atoms with Crippen molar-refractivity contribution >= 4 is 33.4 Å². The molecule has 2 aliphatic heterocycles. The number of unbranched alkanes of at least 4 members (excludes halogenated alkanes) is 2. The summed E-state index contributed by atoms with van der Waals surface area (Å²) in [5.74, 6) is 0.637. The van der Waals surface area contributed by atoms with E-state index in [0.717, 1.165) is 30.2 Å². The number of carbonyl (C=O) groups excluding carboxylic acids is 2. The van der Waals surface area contributed by atoms with Gasteiger partial charge in [-0.2, -0.15) is 0 Å². The minimum Gasteiger partial charge on any atom is -0.493 e. The third-order valence-corrected chi connectivity index (χ3v) is 5.14. The van der Waals surface area contributed by atoms with Gasteiger partial charge in [0, 0.05) is 17.6 Å². The smallest absolute Gasteiger partial charge is 0.260 e. The molecule has 6 nitrogen and oxygen atoms in total. The lowest BCUT2D eigenvalue weighted by Gasteiger charge is -2.19. The fourth-order valence-corrected chi connectivity index (χ4v) is 3.62. The van der Waals surface area contributed by atoms with Crippen LogP contribution in [0.2, 0.25) is 0 Å². The molecular weight excluding hydrogens is 400 g/mol. The summed E-state index contributed by atoms with van der Waals surface area (Å²) in [4.78, 5) is 27.0. The number of anilines is 1. The lowest BCUT2D eigenvalue weighted by molar-refractivity contribution is -0.119. The van der Waals surface area contributed by atoms with Gasteiger partial charge in [-0.1, -0.05) is 21.5 Å². The van der Waals surface area contributed by atoms with Crippen LogP contribution in [0.15, 0.2) is 23.9 Å². The number of hydrogen-bond acceptors (Lipinski definition) is 4. The molecule has 0 unspecified atom stereocenters. The van der Waals surface area contributed by atoms with Crippen LogP contribution in [0, 0.1) is 0 Å². The van der Waals surface area contributed by atoms with Gasteiger partial charge in [-0.3, -0.25) is 9.59 Å². The largest absolute Gasteiger partial charge is 0.493 e. The van der Waals surface area contributed by atoms with Crippen LogP contribution in [0.3, 0.4) is 0 Å². The van der Waals surface area contributed by atoms with Crippen LogP contribution in [-0.2, 0) is 4.79 Å². The molecular formula is C19H23BrN2O4. The summed E-state index contributed by atoms with van der Waals surface area (Å²) in [6, 6.07) is 2.84. The fraction of sp³-hybridized carbons (Fsp3) is 0.474. The van der Waals surface area contributed by atoms with Crippen molar-refractivity contribution in [3.63, 3.8) is 0 Å². The maximum atomic E-state index is 12.9. The Labute approximate surface area is 161 Å². The summed E-state index contributed by atoms with van der Waals surface area (Å²) in [7, 11) is 1.54. The molecule has 0 fully saturated rings. The van der Waals surface area contributed by atoms with E-state index in [1.54, 1.807) is 25.4 Å². The summed E-state index contributed by atoms with van der Waals surface area (Å²) in [6.07, 6.45) is 5.40. The second kappa shape index (κ2) is 8.12. The molecule has 0 saturated carbocycles. The maximum Gasteiger partial charge on any atom is 0.260 e. The monoisotopic (exact) mass is 422 g/mol. The van der Waals surface area contributed by atoms with Crippen LogP contribution in [-0.4, -0.2) is 41.8 Å². The van der Waals surface area contributed by atoms with Crippen molar-refractivity contribution in [3.05, 3.63) is 29.5 Å². The van der Waals surface area contributed by atoms with Gasteiger partial charge >= 0.3 is 0 Å². The molecule has 1 aromatic carbocycles. The van der Waals surface area contributed by atoms with Crippen LogP contribution in [0.25, 0.3) is 0 Å². The van der Waals surface area contributed by atoms with Crippen molar-refractivity contribution in [1.29, 1.82) is 0 Å². The predicted molar refractivity (Wildman–Crippen MR) is 103 cm³/mol. The number of nitrogens with one attached hydrogen (secondary N) is 1. The number of amides is 2. The van der Waals surface area contributed by atoms with E-state index in [1.165, 1.54) is 4.90 Å². The molecule has 0 aliphatic carbocycles. The second-order valence-corrected chi connectivity index (χ2v) is 7.34. The molecule has 7 heteroatoms. The molecule has 1 aromatic rings. The molecule has 0 radical (unpaired) electrons. The molecule has 2 amide bonds. The number of ether oxygens (including phenoxy) is 2. The Morgan fingerprint density at radius 2 is 2.04 bits per heavy atom. The molecule has 0 spiro atoms. The SMILES string of the molecule is COc1cc2c(cc1OCCCCCBr)NC(=O)[C@@H]1CC(C)=CN1C2=O. The molecule has 0 bridgehead atoms. The van der Waals surface area contributed by atoms with Gasteiger partial charge in [0.25, 0.3) is 5.91 Å². The summed E-state index contributed by atoms with van der Waals surface area (Å²) in [5.41, 5.74) is 1.89. The first-order chi connectivity index (χ1) is 12.5. The Kier molecular flexibility index (Phi) is 5.86. The van der Waals surface area contributed by atoms with Crippen LogP contribution >= 0.6 is 15.9 Å². The standard InChI is InChI=1S/C19H23BrN2O4/c1-12-8-15-18(23)21-14-10-17(26-7-5-3-4-6-20)16(25-2)9-13(14)19(24)22(15)11-12/h9-11,15H,3-8H2,1-2H3,(H,21,23)/t15-/m0/s1. The molecule has 2 aliphatic rings. The van der Waals surface area contributed by atoms with Gasteiger partial charge in [0.1, 0.15) is 6.04 Å². The van der Waals surface area contributed by atoms with E-state index in [1.807, 2.05) is 6.92 Å². The second-order valence-electron chi connectivity index (χ2n) is 6.54. The summed E-state index contributed by atoms with van der Waals surface area (Å²) < 4.78 is 11.2. The highest BCUT2D eigenvalue weighted by Gasteiger charge is 2.38. The topological polar surface area (TPSA) is 67.9 Å².